The van der Waals surface area contributed by atoms with Crippen molar-refractivity contribution in [2.45, 2.75) is 26.2 Å². The summed E-state index contributed by atoms with van der Waals surface area (Å²) in [7, 11) is 0. The molecule has 0 aliphatic heterocycles. The lowest BCUT2D eigenvalue weighted by Gasteiger charge is -2.06. The van der Waals surface area contributed by atoms with Gasteiger partial charge in [-0.05, 0) is 18.9 Å². The number of anilines is 1. The molecule has 2 amide bonds. The molecule has 5 nitrogen and oxygen atoms in total. The van der Waals surface area contributed by atoms with Gasteiger partial charge in [-0.15, -0.1) is 0 Å². The largest absolute Gasteiger partial charge is 0.449 e. The Kier molecular flexibility index (Phi) is 6.90. The fourth-order valence-electron chi connectivity index (χ4n) is 1.23. The first kappa shape index (κ1) is 13.6. The Balaban J connectivity index is 1.94. The van der Waals surface area contributed by atoms with Crippen molar-refractivity contribution in [2.24, 2.45) is 0 Å². The van der Waals surface area contributed by atoms with E-state index in [9.17, 15) is 4.79 Å². The lowest BCUT2D eigenvalue weighted by Crippen LogP contribution is -2.29. The number of furan rings is 1. The molecule has 1 rings (SSSR count). The molecular weight excluding hydrogens is 220 g/mol. The van der Waals surface area contributed by atoms with Gasteiger partial charge in [0.25, 0.3) is 0 Å². The maximum Gasteiger partial charge on any atom is 0.321 e. The first-order valence-corrected chi connectivity index (χ1v) is 5.99. The average molecular weight is 240 g/mol. The van der Waals surface area contributed by atoms with Crippen LogP contribution in [0.2, 0.25) is 0 Å². The molecule has 0 saturated carbocycles. The molecule has 0 bridgehead atoms. The van der Waals surface area contributed by atoms with Crippen molar-refractivity contribution in [1.82, 2.24) is 5.32 Å². The first-order chi connectivity index (χ1) is 8.33. The molecule has 96 valence electrons. The molecule has 0 aliphatic rings. The van der Waals surface area contributed by atoms with Crippen molar-refractivity contribution >= 4 is 11.9 Å². The second-order valence-electron chi connectivity index (χ2n) is 3.68. The van der Waals surface area contributed by atoms with Crippen LogP contribution in [0.3, 0.4) is 0 Å². The molecule has 1 heterocycles. The standard InChI is InChI=1S/C12H20N2O3/c1-2-3-8-16-9-5-7-13-12(15)14-11-6-4-10-17-11/h4,6,10H,2-3,5,7-9H2,1H3,(H2,13,14,15). The van der Waals surface area contributed by atoms with Gasteiger partial charge in [0.05, 0.1) is 6.26 Å². The van der Waals surface area contributed by atoms with Crippen molar-refractivity contribution in [1.29, 1.82) is 0 Å². The quantitative estimate of drug-likeness (QED) is 0.686. The van der Waals surface area contributed by atoms with Crippen molar-refractivity contribution < 1.29 is 13.9 Å². The molecule has 0 atom stereocenters. The summed E-state index contributed by atoms with van der Waals surface area (Å²) in [5, 5.41) is 5.30. The molecule has 5 heteroatoms. The van der Waals surface area contributed by atoms with E-state index >= 15 is 0 Å². The van der Waals surface area contributed by atoms with E-state index in [4.69, 9.17) is 9.15 Å². The van der Waals surface area contributed by atoms with Crippen LogP contribution in [-0.4, -0.2) is 25.8 Å². The molecule has 0 saturated heterocycles. The van der Waals surface area contributed by atoms with Gasteiger partial charge in [-0.1, -0.05) is 13.3 Å². The first-order valence-electron chi connectivity index (χ1n) is 5.99. The monoisotopic (exact) mass is 240 g/mol. The predicted octanol–water partition coefficient (Wildman–Crippen LogP) is 2.61. The third-order valence-corrected chi connectivity index (χ3v) is 2.15. The molecule has 0 unspecified atom stereocenters. The number of hydrogen-bond acceptors (Lipinski definition) is 3. The van der Waals surface area contributed by atoms with E-state index in [-0.39, 0.29) is 6.03 Å². The number of carbonyl (C=O) groups is 1. The van der Waals surface area contributed by atoms with E-state index in [2.05, 4.69) is 17.6 Å². The Morgan fingerprint density at radius 2 is 2.24 bits per heavy atom. The fraction of sp³-hybridized carbons (Fsp3) is 0.583. The van der Waals surface area contributed by atoms with Gasteiger partial charge in [-0.2, -0.15) is 0 Å². The molecule has 0 aromatic carbocycles. The highest BCUT2D eigenvalue weighted by Crippen LogP contribution is 2.05. The van der Waals surface area contributed by atoms with E-state index < -0.39 is 0 Å². The van der Waals surface area contributed by atoms with Gasteiger partial charge in [0.2, 0.25) is 5.88 Å². The zero-order valence-electron chi connectivity index (χ0n) is 10.2. The SMILES string of the molecule is CCCCOCCCNC(=O)Nc1ccco1. The highest BCUT2D eigenvalue weighted by Gasteiger charge is 2.01. The number of ether oxygens (including phenoxy) is 1. The van der Waals surface area contributed by atoms with Crippen molar-refractivity contribution in [2.75, 3.05) is 25.1 Å². The number of carbonyl (C=O) groups excluding carboxylic acids is 1. The minimum Gasteiger partial charge on any atom is -0.449 e. The van der Waals surface area contributed by atoms with Crippen molar-refractivity contribution in [3.8, 4) is 0 Å². The summed E-state index contributed by atoms with van der Waals surface area (Å²) < 4.78 is 10.4. The van der Waals surface area contributed by atoms with Crippen LogP contribution in [0.4, 0.5) is 10.7 Å². The minimum atomic E-state index is -0.256. The average Bonchev–Trinajstić information content (AvgIpc) is 2.80. The topological polar surface area (TPSA) is 63.5 Å². The van der Waals surface area contributed by atoms with Crippen LogP contribution >= 0.6 is 0 Å². The van der Waals surface area contributed by atoms with Gasteiger partial charge in [-0.3, -0.25) is 5.32 Å². The Morgan fingerprint density at radius 1 is 1.41 bits per heavy atom. The van der Waals surface area contributed by atoms with Crippen LogP contribution < -0.4 is 10.6 Å². The predicted molar refractivity (Wildman–Crippen MR) is 66.1 cm³/mol. The third-order valence-electron chi connectivity index (χ3n) is 2.15. The highest BCUT2D eigenvalue weighted by molar-refractivity contribution is 5.87. The minimum absolute atomic E-state index is 0.256. The highest BCUT2D eigenvalue weighted by atomic mass is 16.5. The van der Waals surface area contributed by atoms with Crippen LogP contribution in [-0.2, 0) is 4.74 Å². The molecule has 1 aromatic heterocycles. The molecule has 0 fully saturated rings. The van der Waals surface area contributed by atoms with E-state index in [0.717, 1.165) is 25.9 Å². The number of rotatable bonds is 8. The number of nitrogens with one attached hydrogen (secondary N) is 2. The molecule has 1 aromatic rings. The number of hydrogen-bond donors (Lipinski definition) is 2. The molecular formula is C12H20N2O3. The Labute approximate surface area is 102 Å². The molecule has 2 N–H and O–H groups in total. The van der Waals surface area contributed by atoms with E-state index in [1.54, 1.807) is 12.1 Å². The number of unbranched alkanes of at least 4 members (excludes halogenated alkanes) is 1. The summed E-state index contributed by atoms with van der Waals surface area (Å²) in [5.41, 5.74) is 0. The summed E-state index contributed by atoms with van der Waals surface area (Å²) >= 11 is 0. The van der Waals surface area contributed by atoms with Crippen LogP contribution in [0.15, 0.2) is 22.8 Å². The number of amides is 2. The van der Waals surface area contributed by atoms with Crippen LogP contribution in [0, 0.1) is 0 Å². The lowest BCUT2D eigenvalue weighted by atomic mass is 10.4. The van der Waals surface area contributed by atoms with Gasteiger partial charge in [-0.25, -0.2) is 4.79 Å². The van der Waals surface area contributed by atoms with Crippen LogP contribution in [0.5, 0.6) is 0 Å². The number of urea groups is 1. The maximum atomic E-state index is 11.3. The maximum absolute atomic E-state index is 11.3. The van der Waals surface area contributed by atoms with E-state index in [1.165, 1.54) is 6.26 Å². The van der Waals surface area contributed by atoms with Gasteiger partial charge in [0, 0.05) is 25.8 Å². The zero-order valence-corrected chi connectivity index (χ0v) is 10.2. The van der Waals surface area contributed by atoms with E-state index in [0.29, 0.717) is 19.0 Å². The van der Waals surface area contributed by atoms with Crippen molar-refractivity contribution in [3.05, 3.63) is 18.4 Å². The third kappa shape index (κ3) is 6.63. The Bertz CT molecular complexity index is 299. The van der Waals surface area contributed by atoms with Gasteiger partial charge >= 0.3 is 6.03 Å². The second-order valence-corrected chi connectivity index (χ2v) is 3.68. The summed E-state index contributed by atoms with van der Waals surface area (Å²) in [4.78, 5) is 11.3. The van der Waals surface area contributed by atoms with E-state index in [1.807, 2.05) is 0 Å². The van der Waals surface area contributed by atoms with Gasteiger partial charge < -0.3 is 14.5 Å². The normalized spacial score (nSPS) is 10.2. The molecule has 0 spiro atoms. The lowest BCUT2D eigenvalue weighted by molar-refractivity contribution is 0.129. The summed E-state index contributed by atoms with van der Waals surface area (Å²) in [6.45, 7) is 4.21. The van der Waals surface area contributed by atoms with Crippen LogP contribution in [0.1, 0.15) is 26.2 Å². The Morgan fingerprint density at radius 3 is 2.94 bits per heavy atom. The zero-order chi connectivity index (χ0) is 12.3. The summed E-state index contributed by atoms with van der Waals surface area (Å²) in [5.74, 6) is 0.446. The fourth-order valence-corrected chi connectivity index (χ4v) is 1.23. The smallest absolute Gasteiger partial charge is 0.321 e. The van der Waals surface area contributed by atoms with Crippen molar-refractivity contribution in [3.63, 3.8) is 0 Å². The van der Waals surface area contributed by atoms with Gasteiger partial charge in [0.15, 0.2) is 0 Å². The Hall–Kier alpha value is -1.49. The molecule has 0 aliphatic carbocycles. The molecule has 17 heavy (non-hydrogen) atoms. The summed E-state index contributed by atoms with van der Waals surface area (Å²) in [6.07, 6.45) is 4.56. The second kappa shape index (κ2) is 8.64. The summed E-state index contributed by atoms with van der Waals surface area (Å²) in [6, 6.07) is 3.15. The van der Waals surface area contributed by atoms with Crippen LogP contribution in [0.25, 0.3) is 0 Å². The molecule has 0 radical (unpaired) electrons. The van der Waals surface area contributed by atoms with Gasteiger partial charge in [0.1, 0.15) is 0 Å².